The molecule has 2 heteroatoms. The van der Waals surface area contributed by atoms with E-state index >= 15 is 0 Å². The van der Waals surface area contributed by atoms with Crippen molar-refractivity contribution >= 4 is 29.0 Å². The lowest BCUT2D eigenvalue weighted by molar-refractivity contribution is -0.116. The van der Waals surface area contributed by atoms with Crippen molar-refractivity contribution in [1.82, 2.24) is 0 Å². The second-order valence-electron chi connectivity index (χ2n) is 6.48. The van der Waals surface area contributed by atoms with Crippen molar-refractivity contribution in [3.63, 3.8) is 0 Å². The van der Waals surface area contributed by atoms with Crippen LogP contribution < -0.4 is 15.9 Å². The van der Waals surface area contributed by atoms with Gasteiger partial charge in [0.25, 0.3) is 0 Å². The molecule has 1 unspecified atom stereocenters. The molecule has 0 aromatic heterocycles. The molecule has 3 aromatic rings. The van der Waals surface area contributed by atoms with Gasteiger partial charge < -0.3 is 0 Å². The van der Waals surface area contributed by atoms with Crippen molar-refractivity contribution in [2.75, 3.05) is 0 Å². The summed E-state index contributed by atoms with van der Waals surface area (Å²) in [4.78, 5) is 12.0. The Morgan fingerprint density at radius 3 is 1.32 bits per heavy atom. The fourth-order valence-corrected chi connectivity index (χ4v) is 8.63. The maximum Gasteiger partial charge on any atom is 0.133 e. The smallest absolute Gasteiger partial charge is 0.133 e. The van der Waals surface area contributed by atoms with Crippen molar-refractivity contribution in [3.05, 3.63) is 91.0 Å². The van der Waals surface area contributed by atoms with Crippen LogP contribution in [0, 0.1) is 0 Å². The molecule has 0 aliphatic heterocycles. The Morgan fingerprint density at radius 1 is 0.720 bits per heavy atom. The molecular formula is C23H24OP+. The van der Waals surface area contributed by atoms with Gasteiger partial charge in [-0.2, -0.15) is 0 Å². The van der Waals surface area contributed by atoms with E-state index in [2.05, 4.69) is 97.9 Å². The number of hydrogen-bond donors (Lipinski definition) is 0. The van der Waals surface area contributed by atoms with Gasteiger partial charge in [0, 0.05) is 6.42 Å². The van der Waals surface area contributed by atoms with E-state index in [9.17, 15) is 4.79 Å². The zero-order chi connectivity index (χ0) is 17.7. The molecule has 0 heterocycles. The number of rotatable bonds is 6. The van der Waals surface area contributed by atoms with Gasteiger partial charge in [-0.3, -0.25) is 4.79 Å². The fraction of sp³-hybridized carbons (Fsp3) is 0.174. The molecule has 3 aromatic carbocycles. The van der Waals surface area contributed by atoms with E-state index in [1.54, 1.807) is 6.92 Å². The van der Waals surface area contributed by atoms with Crippen molar-refractivity contribution in [1.29, 1.82) is 0 Å². The third-order valence-electron chi connectivity index (χ3n) is 4.73. The molecule has 0 radical (unpaired) electrons. The summed E-state index contributed by atoms with van der Waals surface area (Å²) >= 11 is 0. The molecule has 0 aliphatic rings. The minimum absolute atomic E-state index is 0.247. The van der Waals surface area contributed by atoms with Gasteiger partial charge in [-0.25, -0.2) is 0 Å². The second kappa shape index (κ2) is 7.76. The van der Waals surface area contributed by atoms with Crippen LogP contribution in [0.4, 0.5) is 0 Å². The second-order valence-corrected chi connectivity index (χ2v) is 10.4. The Balaban J connectivity index is 2.33. The van der Waals surface area contributed by atoms with E-state index in [1.165, 1.54) is 15.9 Å². The Morgan fingerprint density at radius 2 is 1.04 bits per heavy atom. The third-order valence-corrected chi connectivity index (χ3v) is 9.58. The summed E-state index contributed by atoms with van der Waals surface area (Å²) in [6, 6.07) is 32.2. The average Bonchev–Trinajstić information content (AvgIpc) is 2.64. The Kier molecular flexibility index (Phi) is 5.46. The van der Waals surface area contributed by atoms with E-state index < -0.39 is 7.26 Å². The molecule has 1 nitrogen and oxygen atoms in total. The molecular weight excluding hydrogens is 323 g/mol. The average molecular weight is 347 g/mol. The van der Waals surface area contributed by atoms with E-state index in [0.29, 0.717) is 6.42 Å². The largest absolute Gasteiger partial charge is 0.300 e. The highest BCUT2D eigenvalue weighted by molar-refractivity contribution is 7.96. The molecule has 0 fully saturated rings. The summed E-state index contributed by atoms with van der Waals surface area (Å²) < 4.78 is 0. The highest BCUT2D eigenvalue weighted by Crippen LogP contribution is 2.60. The van der Waals surface area contributed by atoms with E-state index in [4.69, 9.17) is 0 Å². The molecule has 0 saturated heterocycles. The minimum Gasteiger partial charge on any atom is -0.300 e. The summed E-state index contributed by atoms with van der Waals surface area (Å²) in [6.07, 6.45) is 0.590. The first-order valence-electron chi connectivity index (χ1n) is 8.70. The molecule has 0 amide bonds. The summed E-state index contributed by atoms with van der Waals surface area (Å²) in [5.74, 6) is 0.250. The van der Waals surface area contributed by atoms with Gasteiger partial charge in [0.15, 0.2) is 0 Å². The number of Topliss-reactive ketones (excluding diaryl/α,β-unsaturated/α-hetero) is 1. The van der Waals surface area contributed by atoms with Crippen LogP contribution in [0.25, 0.3) is 0 Å². The van der Waals surface area contributed by atoms with Gasteiger partial charge in [-0.05, 0) is 50.2 Å². The summed E-state index contributed by atoms with van der Waals surface area (Å²) in [7, 11) is -1.92. The summed E-state index contributed by atoms with van der Waals surface area (Å²) in [6.45, 7) is 3.94. The first-order valence-corrected chi connectivity index (χ1v) is 10.6. The van der Waals surface area contributed by atoms with Gasteiger partial charge in [-0.15, -0.1) is 0 Å². The van der Waals surface area contributed by atoms with Gasteiger partial charge in [0.2, 0.25) is 0 Å². The maximum absolute atomic E-state index is 12.0. The highest BCUT2D eigenvalue weighted by atomic mass is 31.2. The molecule has 0 saturated carbocycles. The number of hydrogen-bond acceptors (Lipinski definition) is 1. The van der Waals surface area contributed by atoms with Gasteiger partial charge in [0.1, 0.15) is 29.0 Å². The summed E-state index contributed by atoms with van der Waals surface area (Å²) in [5, 5.41) is 4.00. The minimum atomic E-state index is -1.92. The van der Waals surface area contributed by atoms with Crippen LogP contribution in [0.5, 0.6) is 0 Å². The monoisotopic (exact) mass is 347 g/mol. The van der Waals surface area contributed by atoms with Crippen molar-refractivity contribution in [2.45, 2.75) is 25.9 Å². The lowest BCUT2D eigenvalue weighted by Gasteiger charge is -2.32. The first kappa shape index (κ1) is 17.6. The van der Waals surface area contributed by atoms with Crippen LogP contribution in [-0.2, 0) is 4.79 Å². The zero-order valence-corrected chi connectivity index (χ0v) is 15.7. The predicted octanol–water partition coefficient (Wildman–Crippen LogP) is 4.35. The van der Waals surface area contributed by atoms with Crippen molar-refractivity contribution in [2.24, 2.45) is 0 Å². The fourth-order valence-electron chi connectivity index (χ4n) is 3.75. The lowest BCUT2D eigenvalue weighted by atomic mass is 10.2. The maximum atomic E-state index is 12.0. The summed E-state index contributed by atoms with van der Waals surface area (Å²) in [5.41, 5.74) is 0.247. The highest BCUT2D eigenvalue weighted by Gasteiger charge is 2.50. The number of carbonyl (C=O) groups excluding carboxylic acids is 1. The third kappa shape index (κ3) is 3.43. The van der Waals surface area contributed by atoms with Crippen LogP contribution >= 0.6 is 7.26 Å². The molecule has 0 bridgehead atoms. The van der Waals surface area contributed by atoms with Crippen LogP contribution in [0.15, 0.2) is 91.0 Å². The Labute approximate surface area is 151 Å². The normalized spacial score (nSPS) is 12.6. The number of benzene rings is 3. The molecule has 3 rings (SSSR count). The van der Waals surface area contributed by atoms with Crippen LogP contribution in [0.2, 0.25) is 0 Å². The molecule has 0 spiro atoms. The SMILES string of the molecule is CC(=O)CC(C)[P+](c1ccccc1)(c1ccccc1)c1ccccc1. The molecule has 0 aliphatic carbocycles. The predicted molar refractivity (Wildman–Crippen MR) is 110 cm³/mol. The van der Waals surface area contributed by atoms with Crippen LogP contribution in [0.3, 0.4) is 0 Å². The lowest BCUT2D eigenvalue weighted by Crippen LogP contribution is -2.38. The molecule has 25 heavy (non-hydrogen) atoms. The van der Waals surface area contributed by atoms with Crippen LogP contribution in [-0.4, -0.2) is 11.4 Å². The van der Waals surface area contributed by atoms with E-state index in [-0.39, 0.29) is 11.4 Å². The molecule has 0 N–H and O–H groups in total. The van der Waals surface area contributed by atoms with Crippen molar-refractivity contribution < 1.29 is 4.79 Å². The van der Waals surface area contributed by atoms with Gasteiger partial charge >= 0.3 is 0 Å². The topological polar surface area (TPSA) is 17.1 Å². The Bertz CT molecular complexity index is 716. The first-order chi connectivity index (χ1) is 12.2. The van der Waals surface area contributed by atoms with Gasteiger partial charge in [0.05, 0.1) is 5.66 Å². The quantitative estimate of drug-likeness (QED) is 0.606. The molecule has 1 atom stereocenters. The van der Waals surface area contributed by atoms with Crippen LogP contribution in [0.1, 0.15) is 20.3 Å². The number of carbonyl (C=O) groups is 1. The van der Waals surface area contributed by atoms with E-state index in [0.717, 1.165) is 0 Å². The Hall–Kier alpha value is -2.24. The van der Waals surface area contributed by atoms with E-state index in [1.807, 2.05) is 0 Å². The number of ketones is 1. The zero-order valence-electron chi connectivity index (χ0n) is 14.8. The standard InChI is InChI=1S/C23H24OP/c1-19(24)18-20(2)25(21-12-6-3-7-13-21,22-14-8-4-9-15-22)23-16-10-5-11-17-23/h3-17,20H,18H2,1-2H3/q+1. The molecule has 126 valence electrons. The van der Waals surface area contributed by atoms with Crippen molar-refractivity contribution in [3.8, 4) is 0 Å². The van der Waals surface area contributed by atoms with Gasteiger partial charge in [-0.1, -0.05) is 54.6 Å².